The molecule has 0 bridgehead atoms. The molecule has 2 aromatic rings. The molecule has 1 fully saturated rings. The number of hydrogen-bond acceptors (Lipinski definition) is 5. The lowest BCUT2D eigenvalue weighted by Gasteiger charge is -2.16. The van der Waals surface area contributed by atoms with Gasteiger partial charge in [0.25, 0.3) is 5.91 Å². The number of nitrogens with one attached hydrogen (secondary N) is 1. The van der Waals surface area contributed by atoms with Crippen LogP contribution in [0, 0.1) is 11.3 Å². The summed E-state index contributed by atoms with van der Waals surface area (Å²) in [4.78, 5) is 14.0. The summed E-state index contributed by atoms with van der Waals surface area (Å²) < 4.78 is 11.7. The third-order valence-corrected chi connectivity index (χ3v) is 5.16. The Morgan fingerprint density at radius 1 is 1.29 bits per heavy atom. The number of thiocarbonyl (C=S) groups is 1. The minimum Gasteiger partial charge on any atom is -0.493 e. The molecule has 1 aliphatic heterocycles. The van der Waals surface area contributed by atoms with Crippen LogP contribution in [0.3, 0.4) is 0 Å². The number of nitriles is 1. The van der Waals surface area contributed by atoms with E-state index >= 15 is 0 Å². The SMILES string of the molecule is C=CCc1cc(/C=C2\NC(=S)N(CC)C2=O)cc(OC)c1OCc1ccccc1C#N. The fourth-order valence-electron chi connectivity index (χ4n) is 3.32. The van der Waals surface area contributed by atoms with Crippen LogP contribution in [-0.2, 0) is 17.8 Å². The molecule has 1 heterocycles. The Morgan fingerprint density at radius 2 is 2.06 bits per heavy atom. The van der Waals surface area contributed by atoms with E-state index in [0.717, 1.165) is 16.7 Å². The second kappa shape index (κ2) is 9.92. The molecule has 0 saturated carbocycles. The summed E-state index contributed by atoms with van der Waals surface area (Å²) in [6.45, 7) is 6.43. The summed E-state index contributed by atoms with van der Waals surface area (Å²) in [5, 5.41) is 12.7. The van der Waals surface area contributed by atoms with Gasteiger partial charge in [-0.05, 0) is 55.4 Å². The average Bonchev–Trinajstić information content (AvgIpc) is 3.05. The maximum atomic E-state index is 12.5. The molecule has 1 saturated heterocycles. The van der Waals surface area contributed by atoms with Crippen LogP contribution in [0.1, 0.15) is 29.2 Å². The molecule has 0 radical (unpaired) electrons. The Hall–Kier alpha value is -3.63. The first-order chi connectivity index (χ1) is 15.0. The lowest BCUT2D eigenvalue weighted by atomic mass is 10.0. The minimum atomic E-state index is -0.162. The highest BCUT2D eigenvalue weighted by Crippen LogP contribution is 2.35. The Labute approximate surface area is 187 Å². The molecule has 7 heteroatoms. The van der Waals surface area contributed by atoms with Gasteiger partial charge in [-0.2, -0.15) is 5.26 Å². The van der Waals surface area contributed by atoms with Gasteiger partial charge in [0.2, 0.25) is 0 Å². The van der Waals surface area contributed by atoms with Crippen molar-refractivity contribution < 1.29 is 14.3 Å². The Bertz CT molecular complexity index is 1100. The number of nitrogens with zero attached hydrogens (tertiary/aromatic N) is 2. The van der Waals surface area contributed by atoms with E-state index in [1.807, 2.05) is 31.2 Å². The maximum Gasteiger partial charge on any atom is 0.276 e. The van der Waals surface area contributed by atoms with Gasteiger partial charge in [-0.3, -0.25) is 9.69 Å². The zero-order valence-electron chi connectivity index (χ0n) is 17.5. The minimum absolute atomic E-state index is 0.162. The van der Waals surface area contributed by atoms with Crippen LogP contribution in [0.5, 0.6) is 11.5 Å². The molecule has 1 N–H and O–H groups in total. The summed E-state index contributed by atoms with van der Waals surface area (Å²) >= 11 is 5.22. The highest BCUT2D eigenvalue weighted by Gasteiger charge is 2.29. The monoisotopic (exact) mass is 433 g/mol. The van der Waals surface area contributed by atoms with Gasteiger partial charge in [-0.1, -0.05) is 24.3 Å². The van der Waals surface area contributed by atoms with Crippen LogP contribution in [0.15, 0.2) is 54.8 Å². The molecule has 2 aromatic carbocycles. The molecule has 1 aliphatic rings. The van der Waals surface area contributed by atoms with Gasteiger partial charge in [-0.15, -0.1) is 6.58 Å². The van der Waals surface area contributed by atoms with Crippen molar-refractivity contribution in [2.75, 3.05) is 13.7 Å². The molecule has 6 nitrogen and oxygen atoms in total. The van der Waals surface area contributed by atoms with E-state index in [1.165, 1.54) is 4.90 Å². The lowest BCUT2D eigenvalue weighted by Crippen LogP contribution is -2.30. The largest absolute Gasteiger partial charge is 0.493 e. The number of allylic oxidation sites excluding steroid dienone is 1. The van der Waals surface area contributed by atoms with E-state index < -0.39 is 0 Å². The van der Waals surface area contributed by atoms with Crippen LogP contribution < -0.4 is 14.8 Å². The second-order valence-corrected chi connectivity index (χ2v) is 7.19. The van der Waals surface area contributed by atoms with Crippen LogP contribution >= 0.6 is 12.2 Å². The summed E-state index contributed by atoms with van der Waals surface area (Å²) in [5.41, 5.74) is 3.40. The van der Waals surface area contributed by atoms with Crippen molar-refractivity contribution in [1.82, 2.24) is 10.2 Å². The standard InChI is InChI=1S/C24H23N3O3S/c1-4-8-17-11-16(12-20-23(28)27(5-2)24(31)26-20)13-21(29-3)22(17)30-15-19-10-7-6-9-18(19)14-25/h4,6-7,9-13H,1,5,8,15H2,2-3H3,(H,26,31)/b20-12-. The molecule has 158 valence electrons. The molecule has 1 amide bonds. The van der Waals surface area contributed by atoms with Crippen LogP contribution in [0.25, 0.3) is 6.08 Å². The van der Waals surface area contributed by atoms with Gasteiger partial charge in [0.15, 0.2) is 16.6 Å². The Balaban J connectivity index is 1.95. The number of methoxy groups -OCH3 is 1. The third kappa shape index (κ3) is 4.76. The number of carbonyl (C=O) groups is 1. The van der Waals surface area contributed by atoms with Crippen LogP contribution in [0.4, 0.5) is 0 Å². The quantitative estimate of drug-likeness (QED) is 0.386. The number of carbonyl (C=O) groups excluding carboxylic acids is 1. The first kappa shape index (κ1) is 22.1. The summed E-state index contributed by atoms with van der Waals surface area (Å²) in [6.07, 6.45) is 4.06. The molecule has 0 spiro atoms. The van der Waals surface area contributed by atoms with E-state index in [-0.39, 0.29) is 12.5 Å². The van der Waals surface area contributed by atoms with Gasteiger partial charge in [0, 0.05) is 17.7 Å². The van der Waals surface area contributed by atoms with Gasteiger partial charge in [-0.25, -0.2) is 0 Å². The topological polar surface area (TPSA) is 74.6 Å². The highest BCUT2D eigenvalue weighted by molar-refractivity contribution is 7.80. The molecule has 0 unspecified atom stereocenters. The van der Waals surface area contributed by atoms with Crippen molar-refractivity contribution in [3.8, 4) is 17.6 Å². The van der Waals surface area contributed by atoms with Gasteiger partial charge in [0.05, 0.1) is 18.7 Å². The van der Waals surface area contributed by atoms with Crippen molar-refractivity contribution in [3.63, 3.8) is 0 Å². The first-order valence-electron chi connectivity index (χ1n) is 9.79. The number of hydrogen-bond donors (Lipinski definition) is 1. The number of likely N-dealkylation sites (N-methyl/N-ethyl adjacent to an activating group) is 1. The normalized spacial score (nSPS) is 14.4. The predicted molar refractivity (Wildman–Crippen MR) is 123 cm³/mol. The summed E-state index contributed by atoms with van der Waals surface area (Å²) in [7, 11) is 1.56. The summed E-state index contributed by atoms with van der Waals surface area (Å²) in [6, 6.07) is 13.2. The van der Waals surface area contributed by atoms with E-state index in [0.29, 0.717) is 40.8 Å². The molecule has 0 atom stereocenters. The van der Waals surface area contributed by atoms with E-state index in [9.17, 15) is 10.1 Å². The fraction of sp³-hybridized carbons (Fsp3) is 0.208. The first-order valence-corrected chi connectivity index (χ1v) is 10.2. The van der Waals surface area contributed by atoms with Crippen molar-refractivity contribution >= 4 is 29.3 Å². The fourth-order valence-corrected chi connectivity index (χ4v) is 3.64. The van der Waals surface area contributed by atoms with Gasteiger partial charge in [0.1, 0.15) is 12.3 Å². The van der Waals surface area contributed by atoms with E-state index in [1.54, 1.807) is 31.4 Å². The molecule has 0 aliphatic carbocycles. The van der Waals surface area contributed by atoms with Crippen molar-refractivity contribution in [2.24, 2.45) is 0 Å². The highest BCUT2D eigenvalue weighted by atomic mass is 32.1. The third-order valence-electron chi connectivity index (χ3n) is 4.84. The van der Waals surface area contributed by atoms with Crippen molar-refractivity contribution in [1.29, 1.82) is 5.26 Å². The number of rotatable bonds is 8. The zero-order valence-corrected chi connectivity index (χ0v) is 18.3. The van der Waals surface area contributed by atoms with Crippen LogP contribution in [0.2, 0.25) is 0 Å². The maximum absolute atomic E-state index is 12.5. The molecular weight excluding hydrogens is 410 g/mol. The van der Waals surface area contributed by atoms with E-state index in [4.69, 9.17) is 21.7 Å². The average molecular weight is 434 g/mol. The Morgan fingerprint density at radius 3 is 2.71 bits per heavy atom. The summed E-state index contributed by atoms with van der Waals surface area (Å²) in [5.74, 6) is 0.944. The molecule has 31 heavy (non-hydrogen) atoms. The lowest BCUT2D eigenvalue weighted by molar-refractivity contribution is -0.122. The molecular formula is C24H23N3O3S. The Kier molecular flexibility index (Phi) is 7.06. The number of amides is 1. The predicted octanol–water partition coefficient (Wildman–Crippen LogP) is 3.95. The van der Waals surface area contributed by atoms with E-state index in [2.05, 4.69) is 18.0 Å². The smallest absolute Gasteiger partial charge is 0.276 e. The van der Waals surface area contributed by atoms with Crippen molar-refractivity contribution in [3.05, 3.63) is 77.0 Å². The van der Waals surface area contributed by atoms with Gasteiger partial charge >= 0.3 is 0 Å². The van der Waals surface area contributed by atoms with Gasteiger partial charge < -0.3 is 14.8 Å². The molecule has 0 aromatic heterocycles. The molecule has 3 rings (SSSR count). The number of ether oxygens (including phenoxy) is 2. The zero-order chi connectivity index (χ0) is 22.4. The second-order valence-electron chi connectivity index (χ2n) is 6.80. The van der Waals surface area contributed by atoms with Crippen LogP contribution in [-0.4, -0.2) is 29.6 Å². The van der Waals surface area contributed by atoms with Crippen molar-refractivity contribution in [2.45, 2.75) is 20.0 Å². The number of benzene rings is 2.